The van der Waals surface area contributed by atoms with Gasteiger partial charge >= 0.3 is 5.97 Å². The molecule has 1 aromatic heterocycles. The van der Waals surface area contributed by atoms with Gasteiger partial charge in [0.15, 0.2) is 0 Å². The van der Waals surface area contributed by atoms with Crippen molar-refractivity contribution in [2.75, 3.05) is 5.73 Å². The standard InChI is InChI=1S/C17H14N2O2S/c18-14-6-4-12(5-7-14)15-10-22-16(19-15)9-11-2-1-3-13(8-11)17(20)21/h1-8,10H,9,18H2,(H,20,21). The summed E-state index contributed by atoms with van der Waals surface area (Å²) in [6, 6.07) is 14.5. The third-order valence-corrected chi connectivity index (χ3v) is 4.14. The lowest BCUT2D eigenvalue weighted by molar-refractivity contribution is 0.0697. The molecule has 0 unspecified atom stereocenters. The highest BCUT2D eigenvalue weighted by molar-refractivity contribution is 7.10. The summed E-state index contributed by atoms with van der Waals surface area (Å²) < 4.78 is 0. The molecule has 1 heterocycles. The van der Waals surface area contributed by atoms with E-state index in [1.54, 1.807) is 29.5 Å². The number of benzene rings is 2. The van der Waals surface area contributed by atoms with E-state index in [-0.39, 0.29) is 0 Å². The highest BCUT2D eigenvalue weighted by Gasteiger charge is 2.08. The molecule has 3 N–H and O–H groups in total. The maximum absolute atomic E-state index is 11.0. The molecule has 0 spiro atoms. The van der Waals surface area contributed by atoms with Crippen molar-refractivity contribution in [3.8, 4) is 11.3 Å². The van der Waals surface area contributed by atoms with Crippen LogP contribution in [0.3, 0.4) is 0 Å². The molecule has 0 saturated heterocycles. The van der Waals surface area contributed by atoms with Crippen LogP contribution in [0.25, 0.3) is 11.3 Å². The average Bonchev–Trinajstić information content (AvgIpc) is 2.96. The van der Waals surface area contributed by atoms with E-state index in [9.17, 15) is 4.79 Å². The van der Waals surface area contributed by atoms with Crippen LogP contribution in [0.4, 0.5) is 5.69 Å². The van der Waals surface area contributed by atoms with Crippen LogP contribution in [0.1, 0.15) is 20.9 Å². The summed E-state index contributed by atoms with van der Waals surface area (Å²) in [6.45, 7) is 0. The summed E-state index contributed by atoms with van der Waals surface area (Å²) in [6.07, 6.45) is 0.626. The van der Waals surface area contributed by atoms with Crippen molar-refractivity contribution in [1.82, 2.24) is 4.98 Å². The fraction of sp³-hybridized carbons (Fsp3) is 0.0588. The molecular weight excluding hydrogens is 296 g/mol. The van der Waals surface area contributed by atoms with Crippen LogP contribution in [0.5, 0.6) is 0 Å². The van der Waals surface area contributed by atoms with Crippen molar-refractivity contribution in [1.29, 1.82) is 0 Å². The van der Waals surface area contributed by atoms with Gasteiger partial charge in [-0.05, 0) is 29.8 Å². The number of carbonyl (C=O) groups is 1. The minimum Gasteiger partial charge on any atom is -0.478 e. The van der Waals surface area contributed by atoms with E-state index in [2.05, 4.69) is 4.98 Å². The normalized spacial score (nSPS) is 10.5. The van der Waals surface area contributed by atoms with Crippen molar-refractivity contribution in [3.05, 3.63) is 70.0 Å². The Morgan fingerprint density at radius 1 is 1.18 bits per heavy atom. The van der Waals surface area contributed by atoms with Crippen molar-refractivity contribution in [2.45, 2.75) is 6.42 Å². The maximum atomic E-state index is 11.0. The molecule has 4 nitrogen and oxygen atoms in total. The van der Waals surface area contributed by atoms with Gasteiger partial charge in [0.2, 0.25) is 0 Å². The van der Waals surface area contributed by atoms with Gasteiger partial charge in [0, 0.05) is 23.1 Å². The second kappa shape index (κ2) is 5.99. The Labute approximate surface area is 131 Å². The van der Waals surface area contributed by atoms with E-state index >= 15 is 0 Å². The zero-order valence-corrected chi connectivity index (χ0v) is 12.5. The number of carboxylic acids is 1. The van der Waals surface area contributed by atoms with E-state index < -0.39 is 5.97 Å². The Morgan fingerprint density at radius 3 is 2.68 bits per heavy atom. The van der Waals surface area contributed by atoms with E-state index in [4.69, 9.17) is 10.8 Å². The number of nitrogens with two attached hydrogens (primary N) is 1. The molecule has 0 atom stereocenters. The first-order chi connectivity index (χ1) is 10.6. The molecule has 0 saturated carbocycles. The quantitative estimate of drug-likeness (QED) is 0.721. The van der Waals surface area contributed by atoms with Crippen molar-refractivity contribution < 1.29 is 9.90 Å². The summed E-state index contributed by atoms with van der Waals surface area (Å²) in [7, 11) is 0. The van der Waals surface area contributed by atoms with Gasteiger partial charge in [0.25, 0.3) is 0 Å². The number of rotatable bonds is 4. The molecule has 3 aromatic rings. The molecule has 22 heavy (non-hydrogen) atoms. The minimum absolute atomic E-state index is 0.299. The number of carboxylic acid groups (broad SMARTS) is 1. The van der Waals surface area contributed by atoms with Crippen molar-refractivity contribution in [3.63, 3.8) is 0 Å². The largest absolute Gasteiger partial charge is 0.478 e. The molecule has 0 aliphatic rings. The number of aromatic carboxylic acids is 1. The second-order valence-corrected chi connectivity index (χ2v) is 5.87. The lowest BCUT2D eigenvalue weighted by atomic mass is 10.1. The van der Waals surface area contributed by atoms with Gasteiger partial charge < -0.3 is 10.8 Å². The highest BCUT2D eigenvalue weighted by Crippen LogP contribution is 2.24. The first-order valence-corrected chi connectivity index (χ1v) is 7.62. The number of hydrogen-bond acceptors (Lipinski definition) is 4. The fourth-order valence-corrected chi connectivity index (χ4v) is 3.01. The Bertz CT molecular complexity index is 810. The Hall–Kier alpha value is -2.66. The van der Waals surface area contributed by atoms with Gasteiger partial charge in [-0.1, -0.05) is 24.3 Å². The van der Waals surface area contributed by atoms with Crippen LogP contribution >= 0.6 is 11.3 Å². The predicted octanol–water partition coefficient (Wildman–Crippen LogP) is 3.68. The Kier molecular flexibility index (Phi) is 3.89. The average molecular weight is 310 g/mol. The van der Waals surface area contributed by atoms with Gasteiger partial charge in [-0.2, -0.15) is 0 Å². The maximum Gasteiger partial charge on any atom is 0.335 e. The van der Waals surface area contributed by atoms with Crippen molar-refractivity contribution >= 4 is 23.0 Å². The number of hydrogen-bond donors (Lipinski definition) is 2. The third-order valence-electron chi connectivity index (χ3n) is 3.29. The Morgan fingerprint density at radius 2 is 1.95 bits per heavy atom. The number of nitrogen functional groups attached to an aromatic ring is 1. The van der Waals surface area contributed by atoms with Crippen LogP contribution in [-0.4, -0.2) is 16.1 Å². The molecule has 0 aliphatic heterocycles. The lowest BCUT2D eigenvalue weighted by Crippen LogP contribution is -1.97. The zero-order valence-electron chi connectivity index (χ0n) is 11.7. The molecule has 0 bridgehead atoms. The smallest absolute Gasteiger partial charge is 0.335 e. The molecule has 0 aliphatic carbocycles. The number of aromatic nitrogens is 1. The number of thiazole rings is 1. The SMILES string of the molecule is Nc1ccc(-c2csc(Cc3cccc(C(=O)O)c3)n2)cc1. The van der Waals surface area contributed by atoms with Crippen LogP contribution < -0.4 is 5.73 Å². The molecule has 110 valence electrons. The van der Waals surface area contributed by atoms with Crippen LogP contribution in [-0.2, 0) is 6.42 Å². The molecule has 2 aromatic carbocycles. The molecule has 0 amide bonds. The lowest BCUT2D eigenvalue weighted by Gasteiger charge is -2.00. The third kappa shape index (κ3) is 3.15. The number of anilines is 1. The highest BCUT2D eigenvalue weighted by atomic mass is 32.1. The summed E-state index contributed by atoms with van der Waals surface area (Å²) in [5, 5.41) is 12.0. The summed E-state index contributed by atoms with van der Waals surface area (Å²) in [4.78, 5) is 15.6. The van der Waals surface area contributed by atoms with E-state index in [1.807, 2.05) is 35.7 Å². The molecular formula is C17H14N2O2S. The second-order valence-electron chi connectivity index (χ2n) is 4.93. The Balaban J connectivity index is 1.81. The molecule has 0 fully saturated rings. The number of nitrogens with zero attached hydrogens (tertiary/aromatic N) is 1. The predicted molar refractivity (Wildman–Crippen MR) is 88.2 cm³/mol. The van der Waals surface area contributed by atoms with Gasteiger partial charge in [-0.15, -0.1) is 11.3 Å². The van der Waals surface area contributed by atoms with Gasteiger partial charge in [0.1, 0.15) is 0 Å². The summed E-state index contributed by atoms with van der Waals surface area (Å²) in [5.74, 6) is -0.913. The van der Waals surface area contributed by atoms with Gasteiger partial charge in [-0.25, -0.2) is 9.78 Å². The molecule has 0 radical (unpaired) electrons. The van der Waals surface area contributed by atoms with Crippen LogP contribution in [0.2, 0.25) is 0 Å². The topological polar surface area (TPSA) is 76.2 Å². The van der Waals surface area contributed by atoms with E-state index in [0.29, 0.717) is 12.0 Å². The van der Waals surface area contributed by atoms with E-state index in [0.717, 1.165) is 27.5 Å². The fourth-order valence-electron chi connectivity index (χ4n) is 2.17. The molecule has 3 rings (SSSR count). The van der Waals surface area contributed by atoms with Crippen LogP contribution in [0, 0.1) is 0 Å². The van der Waals surface area contributed by atoms with E-state index in [1.165, 1.54) is 0 Å². The minimum atomic E-state index is -0.913. The summed E-state index contributed by atoms with van der Waals surface area (Å²) >= 11 is 1.57. The van der Waals surface area contributed by atoms with Crippen LogP contribution in [0.15, 0.2) is 53.9 Å². The van der Waals surface area contributed by atoms with Crippen molar-refractivity contribution in [2.24, 2.45) is 0 Å². The first-order valence-electron chi connectivity index (χ1n) is 6.74. The van der Waals surface area contributed by atoms with Gasteiger partial charge in [-0.3, -0.25) is 0 Å². The van der Waals surface area contributed by atoms with Gasteiger partial charge in [0.05, 0.1) is 16.3 Å². The molecule has 5 heteroatoms. The summed E-state index contributed by atoms with van der Waals surface area (Å²) in [5.41, 5.74) is 9.59. The monoisotopic (exact) mass is 310 g/mol. The zero-order chi connectivity index (χ0) is 15.5. The first kappa shape index (κ1) is 14.3.